The van der Waals surface area contributed by atoms with Crippen molar-refractivity contribution in [1.29, 1.82) is 0 Å². The van der Waals surface area contributed by atoms with Gasteiger partial charge in [-0.2, -0.15) is 0 Å². The summed E-state index contributed by atoms with van der Waals surface area (Å²) in [6, 6.07) is 1.87. The summed E-state index contributed by atoms with van der Waals surface area (Å²) in [5.41, 5.74) is -0.583. The number of carbonyl (C=O) groups excluding carboxylic acids is 2. The molecule has 0 N–H and O–H groups in total. The van der Waals surface area contributed by atoms with Crippen molar-refractivity contribution in [2.24, 2.45) is 5.92 Å². The maximum Gasteiger partial charge on any atom is 0.410 e. The lowest BCUT2D eigenvalue weighted by atomic mass is 9.76. The van der Waals surface area contributed by atoms with E-state index >= 15 is 0 Å². The number of carbonyl (C=O) groups is 2. The van der Waals surface area contributed by atoms with Crippen LogP contribution in [0.1, 0.15) is 63.2 Å². The highest BCUT2D eigenvalue weighted by Gasteiger charge is 2.44. The molecule has 0 aromatic heterocycles. The molecule has 154 valence electrons. The lowest BCUT2D eigenvalue weighted by Crippen LogP contribution is -2.56. The molecule has 1 aromatic carbocycles. The second-order valence-corrected chi connectivity index (χ2v) is 8.63. The van der Waals surface area contributed by atoms with Gasteiger partial charge in [0.1, 0.15) is 5.60 Å². The van der Waals surface area contributed by atoms with Crippen LogP contribution in [0, 0.1) is 17.6 Å². The first-order chi connectivity index (χ1) is 13.1. The van der Waals surface area contributed by atoms with Crippen molar-refractivity contribution in [2.45, 2.75) is 70.6 Å². The highest BCUT2D eigenvalue weighted by molar-refractivity contribution is 5.98. The Balaban J connectivity index is 1.78. The smallest absolute Gasteiger partial charge is 0.410 e. The summed E-state index contributed by atoms with van der Waals surface area (Å²) in [6.07, 6.45) is 3.18. The number of methoxy groups -OCH3 is 1. The number of ether oxygens (including phenoxy) is 2. The molecule has 0 aliphatic carbocycles. The zero-order valence-corrected chi connectivity index (χ0v) is 16.8. The second-order valence-electron chi connectivity index (χ2n) is 8.63. The third-order valence-corrected chi connectivity index (χ3v) is 5.44. The summed E-state index contributed by atoms with van der Waals surface area (Å²) in [5.74, 6) is -2.94. The molecule has 2 heterocycles. The molecule has 5 nitrogen and oxygen atoms in total. The van der Waals surface area contributed by atoms with Crippen LogP contribution in [0.4, 0.5) is 13.6 Å². The minimum atomic E-state index is -0.891. The van der Waals surface area contributed by atoms with Crippen molar-refractivity contribution >= 4 is 11.9 Å². The Hall–Kier alpha value is -2.18. The standard InChI is InChI=1S/C21H27F2NO4/c1-21(2,3)28-20(26)24-14-6-5-7-15(24)9-12(8-14)18(25)13-10-16(22)19(27-4)17(23)11-13/h10-12,14-15H,5-9H2,1-4H3. The predicted molar refractivity (Wildman–Crippen MR) is 99.5 cm³/mol. The number of ketones is 1. The van der Waals surface area contributed by atoms with Gasteiger partial charge < -0.3 is 14.4 Å². The first kappa shape index (κ1) is 20.6. The van der Waals surface area contributed by atoms with E-state index in [0.29, 0.717) is 12.8 Å². The lowest BCUT2D eigenvalue weighted by Gasteiger charge is -2.48. The van der Waals surface area contributed by atoms with Crippen LogP contribution < -0.4 is 4.74 Å². The molecule has 28 heavy (non-hydrogen) atoms. The number of rotatable bonds is 3. The second kappa shape index (κ2) is 7.68. The zero-order chi connectivity index (χ0) is 20.6. The van der Waals surface area contributed by atoms with Gasteiger partial charge in [0, 0.05) is 23.6 Å². The molecule has 2 aliphatic heterocycles. The monoisotopic (exact) mass is 395 g/mol. The van der Waals surface area contributed by atoms with Crippen LogP contribution >= 0.6 is 0 Å². The van der Waals surface area contributed by atoms with Crippen molar-refractivity contribution in [2.75, 3.05) is 7.11 Å². The van der Waals surface area contributed by atoms with Crippen LogP contribution in [0.5, 0.6) is 5.75 Å². The number of Topliss-reactive ketones (excluding diaryl/α,β-unsaturated/α-hetero) is 1. The maximum atomic E-state index is 14.0. The Kier molecular flexibility index (Phi) is 5.64. The average molecular weight is 395 g/mol. The van der Waals surface area contributed by atoms with Crippen molar-refractivity contribution < 1.29 is 27.8 Å². The Morgan fingerprint density at radius 3 is 2.07 bits per heavy atom. The minimum Gasteiger partial charge on any atom is -0.491 e. The van der Waals surface area contributed by atoms with Gasteiger partial charge >= 0.3 is 6.09 Å². The number of halogens is 2. The topological polar surface area (TPSA) is 55.8 Å². The fraction of sp³-hybridized carbons (Fsp3) is 0.619. The molecule has 1 aromatic rings. The molecule has 2 unspecified atom stereocenters. The summed E-state index contributed by atoms with van der Waals surface area (Å²) in [4.78, 5) is 27.3. The average Bonchev–Trinajstić information content (AvgIpc) is 2.58. The van der Waals surface area contributed by atoms with E-state index in [4.69, 9.17) is 4.74 Å². The molecule has 0 radical (unpaired) electrons. The predicted octanol–water partition coefficient (Wildman–Crippen LogP) is 4.72. The summed E-state index contributed by atoms with van der Waals surface area (Å²) in [5, 5.41) is 0. The van der Waals surface area contributed by atoms with Gasteiger partial charge in [-0.25, -0.2) is 13.6 Å². The third-order valence-electron chi connectivity index (χ3n) is 5.44. The normalized spacial score (nSPS) is 24.6. The van der Waals surface area contributed by atoms with Crippen LogP contribution in [0.3, 0.4) is 0 Å². The quantitative estimate of drug-likeness (QED) is 0.695. The van der Waals surface area contributed by atoms with E-state index in [1.165, 1.54) is 7.11 Å². The number of amides is 1. The van der Waals surface area contributed by atoms with Crippen LogP contribution in [-0.2, 0) is 4.74 Å². The minimum absolute atomic E-state index is 0.00425. The fourth-order valence-electron chi connectivity index (χ4n) is 4.34. The van der Waals surface area contributed by atoms with Gasteiger partial charge in [0.2, 0.25) is 0 Å². The van der Waals surface area contributed by atoms with E-state index in [1.807, 2.05) is 20.8 Å². The summed E-state index contributed by atoms with van der Waals surface area (Å²) < 4.78 is 38.2. The fourth-order valence-corrected chi connectivity index (χ4v) is 4.34. The number of nitrogens with zero attached hydrogens (tertiary/aromatic N) is 1. The number of benzene rings is 1. The number of fused-ring (bicyclic) bond motifs is 2. The highest BCUT2D eigenvalue weighted by atomic mass is 19.1. The molecule has 2 bridgehead atoms. The molecule has 7 heteroatoms. The Labute approximate surface area is 164 Å². The van der Waals surface area contributed by atoms with E-state index in [-0.39, 0.29) is 35.4 Å². The zero-order valence-electron chi connectivity index (χ0n) is 16.8. The first-order valence-electron chi connectivity index (χ1n) is 9.69. The van der Waals surface area contributed by atoms with Gasteiger partial charge in [-0.05, 0) is 65.0 Å². The summed E-state index contributed by atoms with van der Waals surface area (Å²) in [6.45, 7) is 5.47. The molecule has 0 spiro atoms. The van der Waals surface area contributed by atoms with Crippen molar-refractivity contribution in [3.63, 3.8) is 0 Å². The SMILES string of the molecule is COc1c(F)cc(C(=O)C2CC3CCCC(C2)N3C(=O)OC(C)(C)C)cc1F. The summed E-state index contributed by atoms with van der Waals surface area (Å²) >= 11 is 0. The van der Waals surface area contributed by atoms with Gasteiger partial charge in [0.05, 0.1) is 7.11 Å². The number of hydrogen-bond donors (Lipinski definition) is 0. The van der Waals surface area contributed by atoms with Gasteiger partial charge in [-0.1, -0.05) is 0 Å². The Morgan fingerprint density at radius 1 is 1.07 bits per heavy atom. The van der Waals surface area contributed by atoms with E-state index in [2.05, 4.69) is 4.74 Å². The Bertz CT molecular complexity index is 737. The van der Waals surface area contributed by atoms with Crippen LogP contribution in [0.15, 0.2) is 12.1 Å². The van der Waals surface area contributed by atoms with Crippen molar-refractivity contribution in [1.82, 2.24) is 4.90 Å². The lowest BCUT2D eigenvalue weighted by molar-refractivity contribution is -0.0260. The third kappa shape index (κ3) is 4.13. The van der Waals surface area contributed by atoms with Gasteiger partial charge in [0.25, 0.3) is 0 Å². The van der Waals surface area contributed by atoms with Gasteiger partial charge in [0.15, 0.2) is 23.2 Å². The van der Waals surface area contributed by atoms with Gasteiger partial charge in [-0.15, -0.1) is 0 Å². The number of hydrogen-bond acceptors (Lipinski definition) is 4. The van der Waals surface area contributed by atoms with Crippen LogP contribution in [0.2, 0.25) is 0 Å². The van der Waals surface area contributed by atoms with E-state index < -0.39 is 23.0 Å². The van der Waals surface area contributed by atoms with Crippen molar-refractivity contribution in [3.8, 4) is 5.75 Å². The van der Waals surface area contributed by atoms with Crippen LogP contribution in [0.25, 0.3) is 0 Å². The van der Waals surface area contributed by atoms with E-state index in [0.717, 1.165) is 31.4 Å². The summed E-state index contributed by atoms with van der Waals surface area (Å²) in [7, 11) is 1.18. The van der Waals surface area contributed by atoms with E-state index in [9.17, 15) is 18.4 Å². The Morgan fingerprint density at radius 2 is 1.61 bits per heavy atom. The first-order valence-corrected chi connectivity index (χ1v) is 9.69. The molecule has 2 saturated heterocycles. The van der Waals surface area contributed by atoms with Crippen LogP contribution in [-0.4, -0.2) is 41.6 Å². The molecule has 2 fully saturated rings. The number of piperidine rings is 2. The van der Waals surface area contributed by atoms with Crippen molar-refractivity contribution in [3.05, 3.63) is 29.3 Å². The molecule has 0 saturated carbocycles. The molecule has 2 aliphatic rings. The molecular weight excluding hydrogens is 368 g/mol. The van der Waals surface area contributed by atoms with Gasteiger partial charge in [-0.3, -0.25) is 4.79 Å². The molecular formula is C21H27F2NO4. The molecule has 2 atom stereocenters. The molecule has 3 rings (SSSR count). The largest absolute Gasteiger partial charge is 0.491 e. The van der Waals surface area contributed by atoms with E-state index in [1.54, 1.807) is 4.90 Å². The maximum absolute atomic E-state index is 14.0. The molecule has 1 amide bonds. The highest BCUT2D eigenvalue weighted by Crippen LogP contribution is 2.39.